The molecular formula is C27H23F4N2OS. The maximum Gasteiger partial charge on any atom is 0.416 e. The van der Waals surface area contributed by atoms with Gasteiger partial charge in [-0.3, -0.25) is 5.11 Å². The summed E-state index contributed by atoms with van der Waals surface area (Å²) in [6, 6.07) is 16.5. The molecule has 0 saturated carbocycles. The van der Waals surface area contributed by atoms with E-state index in [0.717, 1.165) is 28.3 Å². The number of hydrogen-bond acceptors (Lipinski definition) is 2. The molecule has 0 aliphatic rings. The third-order valence-electron chi connectivity index (χ3n) is 5.77. The molecule has 1 atom stereocenters. The topological polar surface area (TPSA) is 37.7 Å². The summed E-state index contributed by atoms with van der Waals surface area (Å²) in [5.41, 5.74) is 2.64. The number of alkyl halides is 3. The molecule has 0 saturated heterocycles. The highest BCUT2D eigenvalue weighted by Crippen LogP contribution is 2.38. The normalized spacial score (nSPS) is 12.6. The Morgan fingerprint density at radius 1 is 1.00 bits per heavy atom. The van der Waals surface area contributed by atoms with Gasteiger partial charge in [0.15, 0.2) is 5.75 Å². The largest absolute Gasteiger partial charge is 0.416 e. The minimum Gasteiger partial charge on any atom is -0.290 e. The number of aromatic nitrogens is 2. The van der Waals surface area contributed by atoms with Crippen molar-refractivity contribution in [3.8, 4) is 11.4 Å². The van der Waals surface area contributed by atoms with E-state index in [2.05, 4.69) is 5.10 Å². The van der Waals surface area contributed by atoms with Crippen molar-refractivity contribution in [2.24, 2.45) is 0 Å². The molecule has 0 aliphatic carbocycles. The highest BCUT2D eigenvalue weighted by molar-refractivity contribution is 7.99. The minimum atomic E-state index is -4.42. The number of nitrogens with zero attached hydrogens (tertiary/aromatic N) is 2. The fourth-order valence-electron chi connectivity index (χ4n) is 3.81. The van der Waals surface area contributed by atoms with Gasteiger partial charge in [0, 0.05) is 21.9 Å². The minimum absolute atomic E-state index is 0.0253. The molecule has 35 heavy (non-hydrogen) atoms. The van der Waals surface area contributed by atoms with Crippen LogP contribution in [0.25, 0.3) is 5.69 Å². The SMILES string of the molecule is Cc1cc(SC(C)c2cn(-c3ccc(C(F)(F)F)cc3)nc2CCc2ccccc2F)ccc1[O]. The number of hydrogen-bond donors (Lipinski definition) is 0. The van der Waals surface area contributed by atoms with Gasteiger partial charge in [0.25, 0.3) is 0 Å². The number of aryl methyl sites for hydroxylation is 3. The van der Waals surface area contributed by atoms with E-state index in [1.807, 2.05) is 19.2 Å². The summed E-state index contributed by atoms with van der Waals surface area (Å²) in [6.45, 7) is 3.77. The zero-order chi connectivity index (χ0) is 25.2. The Labute approximate surface area is 205 Å². The second-order valence-electron chi connectivity index (χ2n) is 8.30. The van der Waals surface area contributed by atoms with Gasteiger partial charge in [0.1, 0.15) is 5.82 Å². The quantitative estimate of drug-likeness (QED) is 0.190. The third kappa shape index (κ3) is 5.88. The van der Waals surface area contributed by atoms with Crippen LogP contribution < -0.4 is 0 Å². The molecule has 0 fully saturated rings. The van der Waals surface area contributed by atoms with E-state index in [1.165, 1.54) is 24.3 Å². The Morgan fingerprint density at radius 2 is 1.71 bits per heavy atom. The van der Waals surface area contributed by atoms with E-state index in [1.54, 1.807) is 47.6 Å². The van der Waals surface area contributed by atoms with Crippen LogP contribution in [0.2, 0.25) is 0 Å². The third-order valence-corrected chi connectivity index (χ3v) is 6.90. The van der Waals surface area contributed by atoms with Gasteiger partial charge in [0.05, 0.1) is 16.9 Å². The number of halogens is 4. The van der Waals surface area contributed by atoms with Crippen LogP contribution in [-0.4, -0.2) is 9.78 Å². The van der Waals surface area contributed by atoms with Crippen LogP contribution in [0.15, 0.2) is 77.8 Å². The zero-order valence-electron chi connectivity index (χ0n) is 19.1. The summed E-state index contributed by atoms with van der Waals surface area (Å²) in [7, 11) is 0. The van der Waals surface area contributed by atoms with E-state index >= 15 is 0 Å². The van der Waals surface area contributed by atoms with Crippen molar-refractivity contribution in [2.75, 3.05) is 0 Å². The molecular weight excluding hydrogens is 476 g/mol. The highest BCUT2D eigenvalue weighted by Gasteiger charge is 2.30. The molecule has 3 nitrogen and oxygen atoms in total. The first kappa shape index (κ1) is 24.9. The van der Waals surface area contributed by atoms with Gasteiger partial charge in [-0.2, -0.15) is 18.3 Å². The smallest absolute Gasteiger partial charge is 0.290 e. The summed E-state index contributed by atoms with van der Waals surface area (Å²) in [5, 5.41) is 16.3. The van der Waals surface area contributed by atoms with Crippen molar-refractivity contribution in [3.05, 3.63) is 107 Å². The second kappa shape index (κ2) is 10.2. The molecule has 0 N–H and O–H groups in total. The van der Waals surface area contributed by atoms with Crippen LogP contribution in [0.4, 0.5) is 17.6 Å². The molecule has 0 aliphatic heterocycles. The van der Waals surface area contributed by atoms with Crippen molar-refractivity contribution in [1.82, 2.24) is 9.78 Å². The Kier molecular flexibility index (Phi) is 7.21. The van der Waals surface area contributed by atoms with Crippen LogP contribution in [0.5, 0.6) is 5.75 Å². The number of thioether (sulfide) groups is 1. The van der Waals surface area contributed by atoms with Gasteiger partial charge in [-0.15, -0.1) is 11.8 Å². The lowest BCUT2D eigenvalue weighted by atomic mass is 10.0. The lowest BCUT2D eigenvalue weighted by molar-refractivity contribution is -0.137. The van der Waals surface area contributed by atoms with E-state index in [0.29, 0.717) is 29.7 Å². The van der Waals surface area contributed by atoms with Crippen LogP contribution in [0.1, 0.15) is 40.1 Å². The second-order valence-corrected chi connectivity index (χ2v) is 9.71. The van der Waals surface area contributed by atoms with Crippen LogP contribution >= 0.6 is 11.8 Å². The predicted octanol–water partition coefficient (Wildman–Crippen LogP) is 8.12. The van der Waals surface area contributed by atoms with Gasteiger partial charge < -0.3 is 0 Å². The molecule has 181 valence electrons. The van der Waals surface area contributed by atoms with Gasteiger partial charge in [-0.1, -0.05) is 18.2 Å². The van der Waals surface area contributed by atoms with Gasteiger partial charge in [0.2, 0.25) is 0 Å². The molecule has 1 radical (unpaired) electrons. The van der Waals surface area contributed by atoms with Gasteiger partial charge in [-0.25, -0.2) is 9.07 Å². The number of rotatable bonds is 7. The average Bonchev–Trinajstić information content (AvgIpc) is 3.25. The lowest BCUT2D eigenvalue weighted by Gasteiger charge is -2.12. The molecule has 0 bridgehead atoms. The van der Waals surface area contributed by atoms with E-state index < -0.39 is 11.7 Å². The Balaban J connectivity index is 1.65. The first-order valence-electron chi connectivity index (χ1n) is 11.1. The van der Waals surface area contributed by atoms with Crippen molar-refractivity contribution >= 4 is 11.8 Å². The lowest BCUT2D eigenvalue weighted by Crippen LogP contribution is -2.05. The summed E-state index contributed by atoms with van der Waals surface area (Å²) >= 11 is 1.56. The average molecular weight is 500 g/mol. The van der Waals surface area contributed by atoms with Crippen LogP contribution in [0, 0.1) is 12.7 Å². The van der Waals surface area contributed by atoms with Crippen molar-refractivity contribution in [1.29, 1.82) is 0 Å². The monoisotopic (exact) mass is 499 g/mol. The summed E-state index contributed by atoms with van der Waals surface area (Å²) in [6.07, 6.45) is -1.70. The molecule has 0 spiro atoms. The van der Waals surface area contributed by atoms with Crippen LogP contribution in [-0.2, 0) is 24.1 Å². The van der Waals surface area contributed by atoms with E-state index in [9.17, 15) is 22.7 Å². The van der Waals surface area contributed by atoms with E-state index in [4.69, 9.17) is 0 Å². The Hall–Kier alpha value is -3.26. The van der Waals surface area contributed by atoms with Crippen molar-refractivity contribution < 1.29 is 22.7 Å². The van der Waals surface area contributed by atoms with Gasteiger partial charge >= 0.3 is 6.18 Å². The zero-order valence-corrected chi connectivity index (χ0v) is 20.0. The van der Waals surface area contributed by atoms with Crippen LogP contribution in [0.3, 0.4) is 0 Å². The molecule has 1 heterocycles. The Bertz CT molecular complexity index is 1320. The summed E-state index contributed by atoms with van der Waals surface area (Å²) < 4.78 is 54.7. The maximum atomic E-state index is 14.2. The van der Waals surface area contributed by atoms with Gasteiger partial charge in [-0.05, 0) is 86.3 Å². The maximum absolute atomic E-state index is 14.2. The molecule has 0 amide bonds. The summed E-state index contributed by atoms with van der Waals surface area (Å²) in [4.78, 5) is 0.928. The Morgan fingerprint density at radius 3 is 2.37 bits per heavy atom. The molecule has 1 unspecified atom stereocenters. The van der Waals surface area contributed by atoms with Crippen molar-refractivity contribution in [3.63, 3.8) is 0 Å². The molecule has 1 aromatic heterocycles. The molecule has 4 aromatic rings. The predicted molar refractivity (Wildman–Crippen MR) is 128 cm³/mol. The standard InChI is InChI=1S/C27H23F4N2OS/c1-17-15-22(12-14-26(17)34)35-18(2)23-16-33(21-10-8-20(9-11-21)27(29,30)31)32-25(23)13-7-19-5-3-4-6-24(19)28/h3-6,8-12,14-16,18H,7,13H2,1-2H3. The molecule has 3 aromatic carbocycles. The molecule has 4 rings (SSSR count). The fourth-order valence-corrected chi connectivity index (χ4v) is 4.93. The first-order valence-corrected chi connectivity index (χ1v) is 11.9. The fraction of sp³-hybridized carbons (Fsp3) is 0.222. The summed E-state index contributed by atoms with van der Waals surface area (Å²) in [5.74, 6) is -0.311. The highest BCUT2D eigenvalue weighted by atomic mass is 32.2. The molecule has 8 heteroatoms. The number of benzene rings is 3. The van der Waals surface area contributed by atoms with E-state index in [-0.39, 0.29) is 16.8 Å². The first-order chi connectivity index (χ1) is 16.6. The van der Waals surface area contributed by atoms with Crippen molar-refractivity contribution in [2.45, 2.75) is 43.0 Å².